The maximum Gasteiger partial charge on any atom is 0.257 e. The summed E-state index contributed by atoms with van der Waals surface area (Å²) in [4.78, 5) is 32.1. The third-order valence-electron chi connectivity index (χ3n) is 4.35. The van der Waals surface area contributed by atoms with Crippen LogP contribution in [0, 0.1) is 6.92 Å². The highest BCUT2D eigenvalue weighted by molar-refractivity contribution is 6.04. The summed E-state index contributed by atoms with van der Waals surface area (Å²) in [6.07, 6.45) is 3.33. The molecule has 1 fully saturated rings. The number of carbonyl (C=O) groups excluding carboxylic acids is 2. The van der Waals surface area contributed by atoms with E-state index in [9.17, 15) is 9.59 Å². The van der Waals surface area contributed by atoms with E-state index < -0.39 is 0 Å². The summed E-state index contributed by atoms with van der Waals surface area (Å²) >= 11 is 0. The topological polar surface area (TPSA) is 65.5 Å². The number of rotatable bonds is 3. The van der Waals surface area contributed by atoms with Gasteiger partial charge in [-0.05, 0) is 30.7 Å². The lowest BCUT2D eigenvalue weighted by Crippen LogP contribution is -2.48. The molecule has 1 N–H and O–H groups in total. The van der Waals surface area contributed by atoms with Crippen molar-refractivity contribution >= 4 is 23.2 Å². The molecular formula is C19H22N4O2. The van der Waals surface area contributed by atoms with E-state index in [2.05, 4.69) is 15.2 Å². The van der Waals surface area contributed by atoms with E-state index in [4.69, 9.17) is 0 Å². The normalized spacial score (nSPS) is 14.3. The van der Waals surface area contributed by atoms with Gasteiger partial charge in [0, 0.05) is 45.0 Å². The van der Waals surface area contributed by atoms with Crippen molar-refractivity contribution in [2.75, 3.05) is 36.4 Å². The van der Waals surface area contributed by atoms with Crippen LogP contribution in [0.1, 0.15) is 22.8 Å². The van der Waals surface area contributed by atoms with Crippen molar-refractivity contribution in [3.63, 3.8) is 0 Å². The molecule has 3 rings (SSSR count). The lowest BCUT2D eigenvalue weighted by atomic mass is 10.2. The van der Waals surface area contributed by atoms with Crippen LogP contribution in [0.15, 0.2) is 42.7 Å². The van der Waals surface area contributed by atoms with Crippen molar-refractivity contribution in [2.24, 2.45) is 0 Å². The monoisotopic (exact) mass is 338 g/mol. The number of benzene rings is 1. The average molecular weight is 338 g/mol. The molecule has 2 aromatic rings. The Morgan fingerprint density at radius 1 is 1.08 bits per heavy atom. The van der Waals surface area contributed by atoms with Crippen LogP contribution in [-0.4, -0.2) is 47.9 Å². The lowest BCUT2D eigenvalue weighted by Gasteiger charge is -2.35. The molecule has 0 atom stereocenters. The van der Waals surface area contributed by atoms with Gasteiger partial charge in [-0.25, -0.2) is 0 Å². The summed E-state index contributed by atoms with van der Waals surface area (Å²) in [6.45, 7) is 6.44. The number of aryl methyl sites for hydroxylation is 1. The fourth-order valence-electron chi connectivity index (χ4n) is 2.93. The summed E-state index contributed by atoms with van der Waals surface area (Å²) in [6, 6.07) is 9.54. The van der Waals surface area contributed by atoms with Gasteiger partial charge in [0.25, 0.3) is 5.91 Å². The minimum Gasteiger partial charge on any atom is -0.367 e. The standard InChI is InChI=1S/C19H22N4O2/c1-14-4-3-5-17(10-14)21-19(25)16-11-18(13-20-12-16)23-8-6-22(7-9-23)15(2)24/h3-5,10-13H,6-9H2,1-2H3,(H,21,25). The molecule has 0 spiro atoms. The van der Waals surface area contributed by atoms with E-state index >= 15 is 0 Å². The zero-order valence-electron chi connectivity index (χ0n) is 14.5. The minimum absolute atomic E-state index is 0.101. The second-order valence-corrected chi connectivity index (χ2v) is 6.25. The van der Waals surface area contributed by atoms with Gasteiger partial charge >= 0.3 is 0 Å². The van der Waals surface area contributed by atoms with Gasteiger partial charge < -0.3 is 15.1 Å². The molecule has 6 nitrogen and oxygen atoms in total. The molecule has 0 bridgehead atoms. The first-order chi connectivity index (χ1) is 12.0. The van der Waals surface area contributed by atoms with Crippen molar-refractivity contribution in [2.45, 2.75) is 13.8 Å². The highest BCUT2D eigenvalue weighted by Crippen LogP contribution is 2.18. The minimum atomic E-state index is -0.178. The Kier molecular flexibility index (Phi) is 4.97. The van der Waals surface area contributed by atoms with Gasteiger partial charge in [-0.15, -0.1) is 0 Å². The lowest BCUT2D eigenvalue weighted by molar-refractivity contribution is -0.129. The molecule has 0 aliphatic carbocycles. The number of nitrogens with zero attached hydrogens (tertiary/aromatic N) is 3. The molecule has 1 saturated heterocycles. The summed E-state index contributed by atoms with van der Waals surface area (Å²) in [5, 5.41) is 2.90. The number of hydrogen-bond acceptors (Lipinski definition) is 4. The second kappa shape index (κ2) is 7.34. The Labute approximate surface area is 147 Å². The number of piperazine rings is 1. The van der Waals surface area contributed by atoms with E-state index in [0.717, 1.165) is 30.0 Å². The van der Waals surface area contributed by atoms with Gasteiger partial charge in [-0.3, -0.25) is 14.6 Å². The van der Waals surface area contributed by atoms with Crippen LogP contribution >= 0.6 is 0 Å². The second-order valence-electron chi connectivity index (χ2n) is 6.25. The van der Waals surface area contributed by atoms with Crippen LogP contribution < -0.4 is 10.2 Å². The molecule has 1 aromatic carbocycles. The molecule has 0 saturated carbocycles. The SMILES string of the molecule is CC(=O)N1CCN(c2cncc(C(=O)Nc3cccc(C)c3)c2)CC1. The third kappa shape index (κ3) is 4.15. The highest BCUT2D eigenvalue weighted by Gasteiger charge is 2.19. The summed E-state index contributed by atoms with van der Waals surface area (Å²) in [5.41, 5.74) is 3.28. The summed E-state index contributed by atoms with van der Waals surface area (Å²) in [7, 11) is 0. The molecule has 1 aliphatic heterocycles. The first-order valence-electron chi connectivity index (χ1n) is 8.36. The Balaban J connectivity index is 1.69. The Bertz CT molecular complexity index is 782. The Morgan fingerprint density at radius 2 is 1.84 bits per heavy atom. The Morgan fingerprint density at radius 3 is 2.52 bits per heavy atom. The van der Waals surface area contributed by atoms with Gasteiger partial charge in [-0.1, -0.05) is 12.1 Å². The molecule has 0 unspecified atom stereocenters. The van der Waals surface area contributed by atoms with Crippen molar-refractivity contribution < 1.29 is 9.59 Å². The predicted molar refractivity (Wildman–Crippen MR) is 97.8 cm³/mol. The largest absolute Gasteiger partial charge is 0.367 e. The predicted octanol–water partition coefficient (Wildman–Crippen LogP) is 2.31. The first kappa shape index (κ1) is 17.0. The van der Waals surface area contributed by atoms with E-state index in [-0.39, 0.29) is 11.8 Å². The summed E-state index contributed by atoms with van der Waals surface area (Å²) in [5.74, 6) is -0.0774. The zero-order valence-corrected chi connectivity index (χ0v) is 14.5. The van der Waals surface area contributed by atoms with Crippen molar-refractivity contribution in [3.8, 4) is 0 Å². The van der Waals surface area contributed by atoms with Gasteiger partial charge in [0.1, 0.15) is 0 Å². The number of pyridine rings is 1. The fraction of sp³-hybridized carbons (Fsp3) is 0.316. The highest BCUT2D eigenvalue weighted by atomic mass is 16.2. The molecule has 25 heavy (non-hydrogen) atoms. The van der Waals surface area contributed by atoms with E-state index in [1.807, 2.05) is 42.2 Å². The van der Waals surface area contributed by atoms with E-state index in [1.165, 1.54) is 0 Å². The maximum absolute atomic E-state index is 12.5. The molecule has 1 aromatic heterocycles. The van der Waals surface area contributed by atoms with Gasteiger partial charge in [0.2, 0.25) is 5.91 Å². The van der Waals surface area contributed by atoms with Crippen LogP contribution in [0.2, 0.25) is 0 Å². The molecule has 130 valence electrons. The number of amides is 2. The molecule has 0 radical (unpaired) electrons. The quantitative estimate of drug-likeness (QED) is 0.933. The first-order valence-corrected chi connectivity index (χ1v) is 8.36. The van der Waals surface area contributed by atoms with Gasteiger partial charge in [0.15, 0.2) is 0 Å². The van der Waals surface area contributed by atoms with Crippen LogP contribution in [-0.2, 0) is 4.79 Å². The summed E-state index contributed by atoms with van der Waals surface area (Å²) < 4.78 is 0. The molecule has 2 amide bonds. The van der Waals surface area contributed by atoms with Crippen molar-refractivity contribution in [1.29, 1.82) is 0 Å². The number of carbonyl (C=O) groups is 2. The van der Waals surface area contributed by atoms with E-state index in [1.54, 1.807) is 19.3 Å². The molecular weight excluding hydrogens is 316 g/mol. The van der Waals surface area contributed by atoms with E-state index in [0.29, 0.717) is 18.7 Å². The maximum atomic E-state index is 12.5. The van der Waals surface area contributed by atoms with Crippen molar-refractivity contribution in [1.82, 2.24) is 9.88 Å². The number of anilines is 2. The fourth-order valence-corrected chi connectivity index (χ4v) is 2.93. The van der Waals surface area contributed by atoms with Crippen LogP contribution in [0.5, 0.6) is 0 Å². The Hall–Kier alpha value is -2.89. The number of aromatic nitrogens is 1. The van der Waals surface area contributed by atoms with Crippen LogP contribution in [0.3, 0.4) is 0 Å². The smallest absolute Gasteiger partial charge is 0.257 e. The van der Waals surface area contributed by atoms with Gasteiger partial charge in [0.05, 0.1) is 17.4 Å². The number of hydrogen-bond donors (Lipinski definition) is 1. The van der Waals surface area contributed by atoms with Gasteiger partial charge in [-0.2, -0.15) is 0 Å². The van der Waals surface area contributed by atoms with Crippen LogP contribution in [0.4, 0.5) is 11.4 Å². The zero-order chi connectivity index (χ0) is 17.8. The molecule has 2 heterocycles. The van der Waals surface area contributed by atoms with Crippen LogP contribution in [0.25, 0.3) is 0 Å². The number of nitrogens with one attached hydrogen (secondary N) is 1. The molecule has 6 heteroatoms. The molecule has 1 aliphatic rings. The van der Waals surface area contributed by atoms with Crippen molar-refractivity contribution in [3.05, 3.63) is 53.9 Å². The average Bonchev–Trinajstić information content (AvgIpc) is 2.62. The third-order valence-corrected chi connectivity index (χ3v) is 4.35.